The van der Waals surface area contributed by atoms with Crippen molar-refractivity contribution >= 4 is 103 Å². The first-order valence-electron chi connectivity index (χ1n) is 38.4. The van der Waals surface area contributed by atoms with Crippen LogP contribution in [0.2, 0.25) is 0 Å². The van der Waals surface area contributed by atoms with Gasteiger partial charge >= 0.3 is 5.97 Å². The molecule has 6 aromatic rings. The summed E-state index contributed by atoms with van der Waals surface area (Å²) in [7, 11) is 3.06. The van der Waals surface area contributed by atoms with Gasteiger partial charge in [-0.3, -0.25) is 57.5 Å². The van der Waals surface area contributed by atoms with Crippen molar-refractivity contribution in [2.45, 2.75) is 195 Å². The first-order chi connectivity index (χ1) is 55.9. The number of unbranched alkanes of at least 4 members (excludes halogenated alkanes) is 1. The molecule has 1 unspecified atom stereocenters. The molecule has 34 nitrogen and oxygen atoms in total. The molecular weight excluding hydrogens is 1560 g/mol. The van der Waals surface area contributed by atoms with E-state index >= 15 is 19.2 Å². The number of aromatic nitrogens is 1. The number of esters is 1. The number of nitrogens with one attached hydrogen (secondary N) is 9. The van der Waals surface area contributed by atoms with E-state index in [0.29, 0.717) is 34.0 Å². The number of benzene rings is 5. The number of aromatic amines is 1. The molecule has 36 heteroatoms. The van der Waals surface area contributed by atoms with Gasteiger partial charge in [0.05, 0.1) is 67.0 Å². The second-order valence-electron chi connectivity index (χ2n) is 29.5. The minimum atomic E-state index is -2.59. The number of aliphatic hydroxyl groups is 5. The van der Waals surface area contributed by atoms with Crippen LogP contribution in [0, 0.1) is 0 Å². The lowest BCUT2D eigenvalue weighted by Crippen LogP contribution is -2.62. The lowest BCUT2D eigenvalue weighted by atomic mass is 9.72. The van der Waals surface area contributed by atoms with Gasteiger partial charge in [-0.1, -0.05) is 113 Å². The number of amides is 8. The number of aromatic hydroxyl groups is 2. The van der Waals surface area contributed by atoms with Crippen LogP contribution in [0.25, 0.3) is 10.9 Å². The van der Waals surface area contributed by atoms with Crippen molar-refractivity contribution in [2.75, 3.05) is 38.4 Å². The van der Waals surface area contributed by atoms with Crippen LogP contribution in [-0.2, 0) is 87.8 Å². The number of para-hydroxylation sites is 1. The fourth-order valence-electron chi connectivity index (χ4n) is 14.4. The molecule has 117 heavy (non-hydrogen) atoms. The van der Waals surface area contributed by atoms with Gasteiger partial charge in [-0.25, -0.2) is 0 Å². The summed E-state index contributed by atoms with van der Waals surface area (Å²) >= 11 is 0. The second kappa shape index (κ2) is 40.7. The second-order valence-corrected chi connectivity index (χ2v) is 32.1. The van der Waals surface area contributed by atoms with Gasteiger partial charge in [-0.2, -0.15) is 0 Å². The Morgan fingerprint density at radius 3 is 2.04 bits per heavy atom. The van der Waals surface area contributed by atoms with Gasteiger partial charge in [-0.05, 0) is 81.8 Å². The first-order valence-corrected chi connectivity index (χ1v) is 40.9. The summed E-state index contributed by atoms with van der Waals surface area (Å²) in [6.07, 6.45) is -9.11. The van der Waals surface area contributed by atoms with Gasteiger partial charge in [-0.15, -0.1) is 0 Å². The smallest absolute Gasteiger partial charge is 0.306 e. The van der Waals surface area contributed by atoms with E-state index in [1.54, 1.807) is 91.1 Å². The van der Waals surface area contributed by atoms with Gasteiger partial charge < -0.3 is 114 Å². The number of rotatable bonds is 28. The molecule has 0 saturated carbocycles. The van der Waals surface area contributed by atoms with Crippen LogP contribution in [0.4, 0.5) is 0 Å². The quantitative estimate of drug-likeness (QED) is 0.0134. The van der Waals surface area contributed by atoms with Crippen molar-refractivity contribution in [1.29, 1.82) is 0 Å². The van der Waals surface area contributed by atoms with Gasteiger partial charge in [0.25, 0.3) is 0 Å². The number of carbonyl (C=O) groups excluding carboxylic acids is 12. The van der Waals surface area contributed by atoms with E-state index in [9.17, 15) is 74.1 Å². The maximum Gasteiger partial charge on any atom is 0.306 e. The zero-order valence-electron chi connectivity index (χ0n) is 64.7. The van der Waals surface area contributed by atoms with E-state index in [2.05, 4.69) is 47.5 Å². The van der Waals surface area contributed by atoms with Gasteiger partial charge in [0.2, 0.25) is 58.8 Å². The molecule has 1 aromatic heterocycles. The molecule has 2 aliphatic heterocycles. The third kappa shape index (κ3) is 22.1. The molecular formula is C81H99N11O23S2. The summed E-state index contributed by atoms with van der Waals surface area (Å²) in [5.41, 5.74) is 9.55. The minimum Gasteiger partial charge on any atom is -0.507 e. The van der Waals surface area contributed by atoms with Crippen molar-refractivity contribution in [1.82, 2.24) is 47.5 Å². The number of hydrogen-bond donors (Lipinski definition) is 18. The summed E-state index contributed by atoms with van der Waals surface area (Å²) in [6, 6.07) is 15.2. The Morgan fingerprint density at radius 1 is 0.718 bits per heavy atom. The highest BCUT2D eigenvalue weighted by molar-refractivity contribution is 8.76. The Hall–Kier alpha value is -10.4. The third-order valence-corrected chi connectivity index (χ3v) is 23.4. The highest BCUT2D eigenvalue weighted by atomic mass is 33.1. The normalized spacial score (nSPS) is 24.5. The average Bonchev–Trinajstić information content (AvgIpc) is 0.960. The van der Waals surface area contributed by atoms with Crippen LogP contribution in [0.3, 0.4) is 0 Å². The molecule has 4 aliphatic rings. The van der Waals surface area contributed by atoms with Gasteiger partial charge in [0.15, 0.2) is 18.7 Å². The van der Waals surface area contributed by atoms with Crippen molar-refractivity contribution in [3.63, 3.8) is 0 Å². The van der Waals surface area contributed by atoms with Crippen LogP contribution in [0.15, 0.2) is 109 Å². The van der Waals surface area contributed by atoms with E-state index < -0.39 is 229 Å². The number of H-pyrrole nitrogens is 1. The molecule has 3 heterocycles. The number of aliphatic hydroxyl groups excluding tert-OH is 4. The van der Waals surface area contributed by atoms with E-state index in [1.807, 2.05) is 0 Å². The van der Waals surface area contributed by atoms with Crippen LogP contribution in [0.1, 0.15) is 138 Å². The Labute approximate surface area is 680 Å². The number of methoxy groups -OCH3 is 1. The number of phenolic OH excluding ortho intramolecular Hbond substituents is 2. The number of hydrogen-bond acceptors (Lipinski definition) is 27. The maximum atomic E-state index is 15.3. The molecule has 2 aliphatic carbocycles. The summed E-state index contributed by atoms with van der Waals surface area (Å²) in [5, 5.41) is 101. The fourth-order valence-corrected chi connectivity index (χ4v) is 16.8. The monoisotopic (exact) mass is 1660 g/mol. The average molecular weight is 1660 g/mol. The molecule has 2 saturated heterocycles. The number of phenols is 2. The van der Waals surface area contributed by atoms with Crippen LogP contribution in [0.5, 0.6) is 17.2 Å². The highest BCUT2D eigenvalue weighted by Crippen LogP contribution is 2.53. The Kier molecular flexibility index (Phi) is 30.9. The molecule has 16 atom stereocenters. The van der Waals surface area contributed by atoms with Crippen LogP contribution in [-0.4, -0.2) is 240 Å². The third-order valence-electron chi connectivity index (χ3n) is 21.0. The summed E-state index contributed by atoms with van der Waals surface area (Å²) in [6.45, 7) is 2.37. The predicted molar refractivity (Wildman–Crippen MR) is 425 cm³/mol. The Balaban J connectivity index is 0.888. The largest absolute Gasteiger partial charge is 0.507 e. The van der Waals surface area contributed by atoms with Gasteiger partial charge in [0.1, 0.15) is 65.1 Å². The van der Waals surface area contributed by atoms with E-state index in [0.717, 1.165) is 21.6 Å². The summed E-state index contributed by atoms with van der Waals surface area (Å²) in [4.78, 5) is 177. The lowest BCUT2D eigenvalue weighted by molar-refractivity contribution is -0.247. The topological polar surface area (TPSA) is 547 Å². The lowest BCUT2D eigenvalue weighted by Gasteiger charge is -2.42. The SMILES string of the molecule is COc1cccc2c1C(=O)c1c(O)c3c(c(O)c1C2=O)C[C@@](O)(C(=O)COC(=O)CCCC(=O)N[C@H](Cc1ccccc1)C(=O)NC1CSSC[C@@H](C(=O)N[C@H](CO)[C@@H](C)O)NC(=O)[C@H]([C@@H](C)O)NC(=O)[C@H](CCCCN)NC(=O)[C@@H](Cc2c[nH]c4ccccc24)NC(=O)[C@H](Cc2ccccc2)NC1=O)C[C@@H]3O[C@H]1C[C@H](N)[C@H](O)[C@H](C)O1. The number of Topliss-reactive ketones (excluding diaryl/α,β-unsaturated/α-hetero) is 1. The number of fused-ring (bicyclic) bond motifs is 4. The number of nitrogens with two attached hydrogens (primary N) is 2. The maximum absolute atomic E-state index is 15.3. The molecule has 2 fully saturated rings. The molecule has 0 bridgehead atoms. The zero-order valence-corrected chi connectivity index (χ0v) is 66.3. The van der Waals surface area contributed by atoms with Crippen molar-refractivity contribution in [3.05, 3.63) is 159 Å². The molecule has 628 valence electrons. The number of ether oxygens (including phenoxy) is 4. The molecule has 0 spiro atoms. The highest BCUT2D eigenvalue weighted by Gasteiger charge is 2.51. The fraction of sp³-hybridized carbons (Fsp3) is 0.457. The minimum absolute atomic E-state index is 0.00493. The Morgan fingerprint density at radius 2 is 1.37 bits per heavy atom. The van der Waals surface area contributed by atoms with Crippen molar-refractivity contribution in [2.24, 2.45) is 11.5 Å². The summed E-state index contributed by atoms with van der Waals surface area (Å²) in [5.74, 6) is -13.8. The van der Waals surface area contributed by atoms with E-state index in [1.165, 1.54) is 46.1 Å². The van der Waals surface area contributed by atoms with E-state index in [-0.39, 0.29) is 91.0 Å². The summed E-state index contributed by atoms with van der Waals surface area (Å²) < 4.78 is 22.9. The van der Waals surface area contributed by atoms with Gasteiger partial charge in [0, 0.05) is 103 Å². The Bertz CT molecular complexity index is 4620. The van der Waals surface area contributed by atoms with Crippen molar-refractivity contribution in [3.8, 4) is 17.2 Å². The first kappa shape index (κ1) is 89.0. The zero-order chi connectivity index (χ0) is 84.5. The molecule has 8 amide bonds. The van der Waals surface area contributed by atoms with E-state index in [4.69, 9.17) is 30.4 Å². The predicted octanol–water partition coefficient (Wildman–Crippen LogP) is 0.0882. The van der Waals surface area contributed by atoms with Crippen molar-refractivity contribution < 1.29 is 112 Å². The standard InChI is InChI=1S/C81H99N11O23S2/c1-40(94)55(36-93)89-79(109)57-39-117-116-38-56(78(108)87-53(30-44-19-9-6-10-20-44)76(106)88-54(31-45-35-84-50-23-12-11-21-46(45)50)77(107)86-51(24-13-14-28-82)74(104)92-68(41(2)95)80(110)91-57)90-75(105)52(29-43-17-7-5-8-18-43)85-61(97)26-16-27-62(98)113-37-60(96)81(111)33-48-65(59(34-81)115-63-32-49(83)69(99)42(3)114-63)73(103)67-66(71(48)101)70(100)47-22-15-25-58(112-4)64(47)72(67)102/h5-12,15,17-23,25,35,40-42,49,51-57,59,63,68-69,84,93-95,99,101,103,111H,13-14,16,24,26-34,36-39,82-83H2,1-4H3,(H,85,97)(H,86,107)(H,87,108)(H,88,106)(H,89,109)(H,90,105)(H,91,110)(H,92,104)/t40-,41-,42+,49+,51+,52-,53+,54-,55-,56?,57+,59+,63+,68+,69-,81+/m1/s1. The molecule has 0 radical (unpaired) electrons. The van der Waals surface area contributed by atoms with Crippen LogP contribution < -0.4 is 58.7 Å². The van der Waals surface area contributed by atoms with Crippen LogP contribution >= 0.6 is 21.6 Å². The molecule has 5 aromatic carbocycles. The molecule has 10 rings (SSSR count). The molecule has 20 N–H and O–H groups in total. The number of ketones is 3. The number of carbonyl (C=O) groups is 12.